The van der Waals surface area contributed by atoms with E-state index in [-0.39, 0.29) is 17.6 Å². The molecule has 3 heteroatoms. The van der Waals surface area contributed by atoms with Crippen molar-refractivity contribution in [2.75, 3.05) is 0 Å². The van der Waals surface area contributed by atoms with E-state index in [0.717, 1.165) is 5.56 Å². The van der Waals surface area contributed by atoms with Crippen LogP contribution in [0.2, 0.25) is 0 Å². The number of ether oxygens (including phenoxy) is 1. The molecule has 0 saturated heterocycles. The third-order valence-electron chi connectivity index (χ3n) is 3.02. The first-order chi connectivity index (χ1) is 7.83. The standard InChI is InChI=1S/C14H17FO2/c1-8(2)17-12-10(15)6-5-9-7-14(3,4)13(16)11(9)12/h5-6,8H,7H2,1-4H3. The lowest BCUT2D eigenvalue weighted by Crippen LogP contribution is -2.20. The van der Waals surface area contributed by atoms with Crippen molar-refractivity contribution in [3.63, 3.8) is 0 Å². The zero-order valence-electron chi connectivity index (χ0n) is 10.6. The van der Waals surface area contributed by atoms with Crippen molar-refractivity contribution in [3.8, 4) is 5.75 Å². The number of carbonyl (C=O) groups is 1. The Labute approximate surface area is 101 Å². The molecule has 0 spiro atoms. The van der Waals surface area contributed by atoms with Gasteiger partial charge in [0.25, 0.3) is 0 Å². The van der Waals surface area contributed by atoms with Crippen LogP contribution in [-0.4, -0.2) is 11.9 Å². The van der Waals surface area contributed by atoms with Crippen molar-refractivity contribution in [2.45, 2.75) is 40.2 Å². The lowest BCUT2D eigenvalue weighted by Gasteiger charge is -2.15. The Morgan fingerprint density at radius 3 is 2.59 bits per heavy atom. The van der Waals surface area contributed by atoms with Crippen molar-refractivity contribution in [3.05, 3.63) is 29.1 Å². The van der Waals surface area contributed by atoms with E-state index in [0.29, 0.717) is 12.0 Å². The molecule has 92 valence electrons. The molecule has 0 amide bonds. The highest BCUT2D eigenvalue weighted by molar-refractivity contribution is 6.06. The Morgan fingerprint density at radius 1 is 1.35 bits per heavy atom. The van der Waals surface area contributed by atoms with Gasteiger partial charge < -0.3 is 4.74 Å². The SMILES string of the molecule is CC(C)Oc1c(F)ccc2c1C(=O)C(C)(C)C2. The highest BCUT2D eigenvalue weighted by Gasteiger charge is 2.40. The van der Waals surface area contributed by atoms with Crippen LogP contribution in [0.25, 0.3) is 0 Å². The Kier molecular flexibility index (Phi) is 2.72. The first kappa shape index (κ1) is 12.1. The van der Waals surface area contributed by atoms with Gasteiger partial charge in [0.2, 0.25) is 0 Å². The van der Waals surface area contributed by atoms with Crippen LogP contribution in [0.1, 0.15) is 43.6 Å². The van der Waals surface area contributed by atoms with Crippen molar-refractivity contribution >= 4 is 5.78 Å². The smallest absolute Gasteiger partial charge is 0.172 e. The van der Waals surface area contributed by atoms with Crippen molar-refractivity contribution in [1.82, 2.24) is 0 Å². The molecule has 17 heavy (non-hydrogen) atoms. The monoisotopic (exact) mass is 236 g/mol. The normalized spacial score (nSPS) is 17.4. The molecule has 0 radical (unpaired) electrons. The number of carbonyl (C=O) groups excluding carboxylic acids is 1. The molecular weight excluding hydrogens is 219 g/mol. The fraction of sp³-hybridized carbons (Fsp3) is 0.500. The Balaban J connectivity index is 2.56. The number of hydrogen-bond acceptors (Lipinski definition) is 2. The predicted octanol–water partition coefficient (Wildman–Crippen LogP) is 3.38. The Morgan fingerprint density at radius 2 is 2.00 bits per heavy atom. The van der Waals surface area contributed by atoms with Crippen molar-refractivity contribution in [2.24, 2.45) is 5.41 Å². The first-order valence-electron chi connectivity index (χ1n) is 5.86. The predicted molar refractivity (Wildman–Crippen MR) is 64.0 cm³/mol. The van der Waals surface area contributed by atoms with E-state index in [1.165, 1.54) is 6.07 Å². The zero-order valence-corrected chi connectivity index (χ0v) is 10.6. The van der Waals surface area contributed by atoms with Crippen LogP contribution in [0, 0.1) is 11.2 Å². The van der Waals surface area contributed by atoms with Gasteiger partial charge in [-0.1, -0.05) is 19.9 Å². The van der Waals surface area contributed by atoms with Gasteiger partial charge in [-0.2, -0.15) is 0 Å². The molecule has 0 fully saturated rings. The molecule has 0 bridgehead atoms. The molecule has 2 nitrogen and oxygen atoms in total. The second kappa shape index (κ2) is 3.83. The van der Waals surface area contributed by atoms with Crippen LogP contribution >= 0.6 is 0 Å². The molecule has 1 aliphatic carbocycles. The van der Waals surface area contributed by atoms with E-state index < -0.39 is 11.2 Å². The number of ketones is 1. The average molecular weight is 236 g/mol. The summed E-state index contributed by atoms with van der Waals surface area (Å²) < 4.78 is 19.2. The molecular formula is C14H17FO2. The van der Waals surface area contributed by atoms with Crippen molar-refractivity contribution < 1.29 is 13.9 Å². The van der Waals surface area contributed by atoms with Gasteiger partial charge in [-0.05, 0) is 31.9 Å². The second-order valence-corrected chi connectivity index (χ2v) is 5.47. The average Bonchev–Trinajstić information content (AvgIpc) is 2.43. The molecule has 1 aromatic carbocycles. The van der Waals surface area contributed by atoms with E-state index in [2.05, 4.69) is 0 Å². The molecule has 1 aromatic rings. The fourth-order valence-electron chi connectivity index (χ4n) is 2.24. The third-order valence-corrected chi connectivity index (χ3v) is 3.02. The highest BCUT2D eigenvalue weighted by atomic mass is 19.1. The molecule has 0 atom stereocenters. The van der Waals surface area contributed by atoms with Crippen LogP contribution in [0.5, 0.6) is 5.75 Å². The number of fused-ring (bicyclic) bond motifs is 1. The van der Waals surface area contributed by atoms with Crippen LogP contribution in [0.15, 0.2) is 12.1 Å². The van der Waals surface area contributed by atoms with Crippen LogP contribution in [0.3, 0.4) is 0 Å². The lowest BCUT2D eigenvalue weighted by molar-refractivity contribution is 0.0858. The van der Waals surface area contributed by atoms with Gasteiger partial charge in [0.05, 0.1) is 11.7 Å². The Hall–Kier alpha value is -1.38. The van der Waals surface area contributed by atoms with Crippen LogP contribution < -0.4 is 4.74 Å². The number of hydrogen-bond donors (Lipinski definition) is 0. The minimum absolute atomic E-state index is 0.0253. The molecule has 0 saturated carbocycles. The number of halogens is 1. The van der Waals surface area contributed by atoms with E-state index >= 15 is 0 Å². The first-order valence-corrected chi connectivity index (χ1v) is 5.86. The van der Waals surface area contributed by atoms with Crippen LogP contribution in [0.4, 0.5) is 4.39 Å². The molecule has 0 N–H and O–H groups in total. The van der Waals surface area contributed by atoms with E-state index in [4.69, 9.17) is 4.74 Å². The molecule has 0 aliphatic heterocycles. The maximum absolute atomic E-state index is 13.8. The van der Waals surface area contributed by atoms with E-state index in [1.54, 1.807) is 6.07 Å². The van der Waals surface area contributed by atoms with Crippen LogP contribution in [-0.2, 0) is 6.42 Å². The molecule has 1 aliphatic rings. The Bertz CT molecular complexity index is 475. The fourth-order valence-corrected chi connectivity index (χ4v) is 2.24. The van der Waals surface area contributed by atoms with E-state index in [9.17, 15) is 9.18 Å². The maximum Gasteiger partial charge on any atom is 0.172 e. The second-order valence-electron chi connectivity index (χ2n) is 5.47. The minimum atomic E-state index is -0.455. The summed E-state index contributed by atoms with van der Waals surface area (Å²) in [4.78, 5) is 12.2. The third kappa shape index (κ3) is 1.94. The van der Waals surface area contributed by atoms with Gasteiger partial charge in [0.15, 0.2) is 17.3 Å². The maximum atomic E-state index is 13.8. The summed E-state index contributed by atoms with van der Waals surface area (Å²) in [6, 6.07) is 3.07. The molecule has 0 heterocycles. The van der Waals surface area contributed by atoms with Crippen molar-refractivity contribution in [1.29, 1.82) is 0 Å². The lowest BCUT2D eigenvalue weighted by atomic mass is 9.89. The summed E-state index contributed by atoms with van der Waals surface area (Å²) in [6.45, 7) is 7.41. The number of Topliss-reactive ketones (excluding diaryl/α,β-unsaturated/α-hetero) is 1. The zero-order chi connectivity index (χ0) is 12.8. The quantitative estimate of drug-likeness (QED) is 0.786. The number of rotatable bonds is 2. The summed E-state index contributed by atoms with van der Waals surface area (Å²) >= 11 is 0. The summed E-state index contributed by atoms with van der Waals surface area (Å²) in [5, 5.41) is 0. The highest BCUT2D eigenvalue weighted by Crippen LogP contribution is 2.41. The largest absolute Gasteiger partial charge is 0.487 e. The van der Waals surface area contributed by atoms with Gasteiger partial charge in [0.1, 0.15) is 0 Å². The van der Waals surface area contributed by atoms with Gasteiger partial charge in [-0.3, -0.25) is 4.79 Å². The molecule has 2 rings (SSSR count). The summed E-state index contributed by atoms with van der Waals surface area (Å²) in [6.07, 6.45) is 0.503. The number of benzene rings is 1. The topological polar surface area (TPSA) is 26.3 Å². The van der Waals surface area contributed by atoms with E-state index in [1.807, 2.05) is 27.7 Å². The van der Waals surface area contributed by atoms with Gasteiger partial charge >= 0.3 is 0 Å². The van der Waals surface area contributed by atoms with Gasteiger partial charge in [-0.15, -0.1) is 0 Å². The summed E-state index contributed by atoms with van der Waals surface area (Å²) in [5.74, 6) is -0.362. The summed E-state index contributed by atoms with van der Waals surface area (Å²) in [7, 11) is 0. The molecule has 0 aromatic heterocycles. The van der Waals surface area contributed by atoms with Gasteiger partial charge in [-0.25, -0.2) is 4.39 Å². The minimum Gasteiger partial charge on any atom is -0.487 e. The van der Waals surface area contributed by atoms with Gasteiger partial charge in [0, 0.05) is 5.41 Å². The molecule has 0 unspecified atom stereocenters. The summed E-state index contributed by atoms with van der Waals surface area (Å²) in [5.41, 5.74) is 0.867.